The molecule has 0 bridgehead atoms. The molecule has 0 fully saturated rings. The largest absolute Gasteiger partial charge is 0.481 e. The van der Waals surface area contributed by atoms with Crippen molar-refractivity contribution in [2.75, 3.05) is 6.54 Å². The third-order valence-electron chi connectivity index (χ3n) is 1.02. The summed E-state index contributed by atoms with van der Waals surface area (Å²) in [4.78, 5) is 10.1. The molecule has 0 unspecified atom stereocenters. The van der Waals surface area contributed by atoms with Crippen LogP contribution in [-0.4, -0.2) is 32.1 Å². The Labute approximate surface area is 77.5 Å². The van der Waals surface area contributed by atoms with Crippen LogP contribution in [0.3, 0.4) is 0 Å². The lowest BCUT2D eigenvalue weighted by Crippen LogP contribution is -2.40. The zero-order valence-electron chi connectivity index (χ0n) is 7.57. The predicted molar refractivity (Wildman–Crippen MR) is 47.4 cm³/mol. The van der Waals surface area contributed by atoms with Crippen LogP contribution >= 0.6 is 0 Å². The second-order valence-electron chi connectivity index (χ2n) is 2.81. The van der Waals surface area contributed by atoms with Gasteiger partial charge in [0.05, 0.1) is 6.42 Å². The lowest BCUT2D eigenvalue weighted by Gasteiger charge is -2.09. The first-order chi connectivity index (χ1) is 5.83. The van der Waals surface area contributed by atoms with E-state index in [2.05, 4.69) is 9.44 Å². The van der Waals surface area contributed by atoms with Crippen LogP contribution in [0.15, 0.2) is 0 Å². The van der Waals surface area contributed by atoms with Crippen molar-refractivity contribution in [2.45, 2.75) is 26.3 Å². The first-order valence-electron chi connectivity index (χ1n) is 3.82. The molecule has 13 heavy (non-hydrogen) atoms. The Hall–Kier alpha value is -0.660. The van der Waals surface area contributed by atoms with Gasteiger partial charge in [0.15, 0.2) is 0 Å². The Morgan fingerprint density at radius 2 is 2.00 bits per heavy atom. The monoisotopic (exact) mass is 210 g/mol. The Balaban J connectivity index is 3.84. The highest BCUT2D eigenvalue weighted by Gasteiger charge is 2.10. The molecule has 0 saturated carbocycles. The maximum atomic E-state index is 11.0. The lowest BCUT2D eigenvalue weighted by molar-refractivity contribution is -0.136. The zero-order valence-corrected chi connectivity index (χ0v) is 8.39. The van der Waals surface area contributed by atoms with Crippen molar-refractivity contribution in [1.29, 1.82) is 0 Å². The maximum absolute atomic E-state index is 11.0. The van der Waals surface area contributed by atoms with Gasteiger partial charge in [-0.25, -0.2) is 4.72 Å². The van der Waals surface area contributed by atoms with Gasteiger partial charge in [-0.15, -0.1) is 0 Å². The van der Waals surface area contributed by atoms with E-state index in [0.29, 0.717) is 0 Å². The molecule has 0 aliphatic heterocycles. The summed E-state index contributed by atoms with van der Waals surface area (Å²) in [5, 5.41) is 8.24. The molecule has 0 aromatic heterocycles. The van der Waals surface area contributed by atoms with Crippen molar-refractivity contribution < 1.29 is 18.3 Å². The molecule has 0 saturated heterocycles. The number of nitrogens with one attached hydrogen (secondary N) is 2. The molecular formula is C6H14N2O4S. The van der Waals surface area contributed by atoms with Crippen LogP contribution in [0.1, 0.15) is 20.3 Å². The van der Waals surface area contributed by atoms with E-state index in [-0.39, 0.29) is 19.0 Å². The van der Waals surface area contributed by atoms with Gasteiger partial charge in [-0.1, -0.05) is 0 Å². The molecule has 3 N–H and O–H groups in total. The van der Waals surface area contributed by atoms with E-state index in [1.54, 1.807) is 13.8 Å². The van der Waals surface area contributed by atoms with Gasteiger partial charge in [-0.3, -0.25) is 4.79 Å². The maximum Gasteiger partial charge on any atom is 0.304 e. The average Bonchev–Trinajstić information content (AvgIpc) is 1.81. The van der Waals surface area contributed by atoms with Gasteiger partial charge < -0.3 is 5.11 Å². The van der Waals surface area contributed by atoms with Crippen LogP contribution in [0.5, 0.6) is 0 Å². The number of hydrogen-bond donors (Lipinski definition) is 3. The van der Waals surface area contributed by atoms with Gasteiger partial charge in [-0.2, -0.15) is 13.1 Å². The highest BCUT2D eigenvalue weighted by molar-refractivity contribution is 7.87. The summed E-state index contributed by atoms with van der Waals surface area (Å²) < 4.78 is 26.4. The summed E-state index contributed by atoms with van der Waals surface area (Å²) in [6.45, 7) is 3.25. The van der Waals surface area contributed by atoms with Gasteiger partial charge >= 0.3 is 5.97 Å². The molecular weight excluding hydrogens is 196 g/mol. The Bertz CT molecular complexity index is 260. The number of hydrogen-bond acceptors (Lipinski definition) is 3. The van der Waals surface area contributed by atoms with Crippen molar-refractivity contribution in [3.63, 3.8) is 0 Å². The highest BCUT2D eigenvalue weighted by atomic mass is 32.2. The molecule has 7 heteroatoms. The fourth-order valence-corrected chi connectivity index (χ4v) is 1.72. The average molecular weight is 210 g/mol. The Kier molecular flexibility index (Phi) is 4.89. The third kappa shape index (κ3) is 7.69. The molecule has 6 nitrogen and oxygen atoms in total. The fourth-order valence-electron chi connectivity index (χ4n) is 0.644. The van der Waals surface area contributed by atoms with E-state index in [1.165, 1.54) is 0 Å². The molecule has 0 atom stereocenters. The fraction of sp³-hybridized carbons (Fsp3) is 0.833. The number of carboxylic acids is 1. The van der Waals surface area contributed by atoms with Crippen molar-refractivity contribution in [2.24, 2.45) is 0 Å². The van der Waals surface area contributed by atoms with Crippen LogP contribution < -0.4 is 9.44 Å². The van der Waals surface area contributed by atoms with Crippen molar-refractivity contribution in [3.8, 4) is 0 Å². The normalized spacial score (nSPS) is 11.9. The summed E-state index contributed by atoms with van der Waals surface area (Å²) in [7, 11) is -3.54. The molecule has 0 radical (unpaired) electrons. The van der Waals surface area contributed by atoms with E-state index >= 15 is 0 Å². The first kappa shape index (κ1) is 12.3. The first-order valence-corrected chi connectivity index (χ1v) is 5.30. The van der Waals surface area contributed by atoms with Gasteiger partial charge in [0.2, 0.25) is 0 Å². The van der Waals surface area contributed by atoms with E-state index < -0.39 is 16.2 Å². The molecule has 0 aliphatic rings. The summed E-state index contributed by atoms with van der Waals surface area (Å²) in [5.41, 5.74) is 0. The van der Waals surface area contributed by atoms with Crippen LogP contribution in [0.4, 0.5) is 0 Å². The third-order valence-corrected chi connectivity index (χ3v) is 2.39. The summed E-state index contributed by atoms with van der Waals surface area (Å²) in [5.74, 6) is -1.03. The second-order valence-corrected chi connectivity index (χ2v) is 4.35. The molecule has 0 heterocycles. The van der Waals surface area contributed by atoms with E-state index in [0.717, 1.165) is 0 Å². The number of carboxylic acid groups (broad SMARTS) is 1. The summed E-state index contributed by atoms with van der Waals surface area (Å²) in [6, 6.07) is -0.206. The number of rotatable bonds is 6. The smallest absolute Gasteiger partial charge is 0.304 e. The van der Waals surface area contributed by atoms with E-state index in [1.807, 2.05) is 0 Å². The molecule has 0 aromatic carbocycles. The zero-order chi connectivity index (χ0) is 10.5. The van der Waals surface area contributed by atoms with Crippen LogP contribution in [0, 0.1) is 0 Å². The van der Waals surface area contributed by atoms with E-state index in [4.69, 9.17) is 5.11 Å². The van der Waals surface area contributed by atoms with Crippen molar-refractivity contribution in [1.82, 2.24) is 9.44 Å². The minimum absolute atomic E-state index is 0.0998. The molecule has 0 amide bonds. The van der Waals surface area contributed by atoms with Crippen LogP contribution in [-0.2, 0) is 15.0 Å². The minimum Gasteiger partial charge on any atom is -0.481 e. The lowest BCUT2D eigenvalue weighted by atomic mass is 10.4. The minimum atomic E-state index is -3.54. The molecule has 0 spiro atoms. The summed E-state index contributed by atoms with van der Waals surface area (Å²) >= 11 is 0. The van der Waals surface area contributed by atoms with Crippen molar-refractivity contribution in [3.05, 3.63) is 0 Å². The quantitative estimate of drug-likeness (QED) is 0.540. The molecule has 0 rings (SSSR count). The molecule has 0 aromatic rings. The second kappa shape index (κ2) is 5.15. The standard InChI is InChI=1S/C6H14N2O4S/c1-5(2)8-13(11,12)7-4-3-6(9)10/h5,7-8H,3-4H2,1-2H3,(H,9,10). The molecule has 78 valence electrons. The topological polar surface area (TPSA) is 95.5 Å². The Morgan fingerprint density at radius 3 is 2.38 bits per heavy atom. The Morgan fingerprint density at radius 1 is 1.46 bits per heavy atom. The van der Waals surface area contributed by atoms with Gasteiger partial charge in [0, 0.05) is 12.6 Å². The van der Waals surface area contributed by atoms with Crippen LogP contribution in [0.25, 0.3) is 0 Å². The number of carbonyl (C=O) groups is 1. The van der Waals surface area contributed by atoms with Crippen molar-refractivity contribution >= 4 is 16.2 Å². The van der Waals surface area contributed by atoms with E-state index in [9.17, 15) is 13.2 Å². The number of aliphatic carboxylic acids is 1. The molecule has 0 aliphatic carbocycles. The van der Waals surface area contributed by atoms with Gasteiger partial charge in [0.25, 0.3) is 10.2 Å². The summed E-state index contributed by atoms with van der Waals surface area (Å²) in [6.07, 6.45) is -0.223. The highest BCUT2D eigenvalue weighted by Crippen LogP contribution is 1.84. The van der Waals surface area contributed by atoms with Gasteiger partial charge in [-0.05, 0) is 13.8 Å². The van der Waals surface area contributed by atoms with Crippen LogP contribution in [0.2, 0.25) is 0 Å². The SMILES string of the molecule is CC(C)NS(=O)(=O)NCCC(=O)O. The predicted octanol–water partition coefficient (Wildman–Crippen LogP) is -0.706. The van der Waals surface area contributed by atoms with Gasteiger partial charge in [0.1, 0.15) is 0 Å².